The Balaban J connectivity index is 1.77. The number of amides is 1. The number of halogens is 2. The van der Waals surface area contributed by atoms with Crippen LogP contribution in [0.3, 0.4) is 0 Å². The van der Waals surface area contributed by atoms with Crippen LogP contribution in [0.5, 0.6) is 0 Å². The summed E-state index contributed by atoms with van der Waals surface area (Å²) in [6.45, 7) is 1.72. The van der Waals surface area contributed by atoms with E-state index in [9.17, 15) is 9.59 Å². The van der Waals surface area contributed by atoms with Crippen molar-refractivity contribution in [3.05, 3.63) is 63.6 Å². The Bertz CT molecular complexity index is 958. The molecule has 25 heavy (non-hydrogen) atoms. The van der Waals surface area contributed by atoms with E-state index in [0.29, 0.717) is 27.7 Å². The minimum atomic E-state index is -1.13. The molecule has 3 aromatic rings. The van der Waals surface area contributed by atoms with Crippen molar-refractivity contribution < 1.29 is 19.1 Å². The Morgan fingerprint density at radius 1 is 1.08 bits per heavy atom. The Kier molecular flexibility index (Phi) is 4.57. The lowest BCUT2D eigenvalue weighted by Crippen LogP contribution is -2.12. The fourth-order valence-corrected chi connectivity index (χ4v) is 2.66. The maximum absolute atomic E-state index is 12.3. The van der Waals surface area contributed by atoms with Crippen molar-refractivity contribution in [2.75, 3.05) is 5.32 Å². The van der Waals surface area contributed by atoms with E-state index >= 15 is 0 Å². The van der Waals surface area contributed by atoms with Gasteiger partial charge in [0, 0.05) is 16.9 Å². The van der Waals surface area contributed by atoms with E-state index in [1.807, 2.05) is 0 Å². The number of hydrogen-bond acceptors (Lipinski definition) is 3. The zero-order valence-electron chi connectivity index (χ0n) is 12.9. The fourth-order valence-electron chi connectivity index (χ4n) is 2.25. The van der Waals surface area contributed by atoms with Gasteiger partial charge >= 0.3 is 5.97 Å². The number of aryl methyl sites for hydroxylation is 1. The van der Waals surface area contributed by atoms with Crippen LogP contribution in [0.4, 0.5) is 5.69 Å². The lowest BCUT2D eigenvalue weighted by molar-refractivity contribution is 0.0663. The van der Waals surface area contributed by atoms with Gasteiger partial charge in [0.15, 0.2) is 0 Å². The monoisotopic (exact) mass is 378 g/mol. The van der Waals surface area contributed by atoms with Crippen molar-refractivity contribution in [3.8, 4) is 11.3 Å². The molecule has 3 rings (SSSR count). The summed E-state index contributed by atoms with van der Waals surface area (Å²) in [6.07, 6.45) is 0. The molecule has 0 radical (unpaired) electrons. The van der Waals surface area contributed by atoms with Gasteiger partial charge in [-0.05, 0) is 43.3 Å². The summed E-state index contributed by atoms with van der Waals surface area (Å²) >= 11 is 12.0. The topological polar surface area (TPSA) is 95.3 Å². The number of carbonyl (C=O) groups is 2. The van der Waals surface area contributed by atoms with Gasteiger partial charge in [0.25, 0.3) is 5.91 Å². The van der Waals surface area contributed by atoms with Gasteiger partial charge in [-0.25, -0.2) is 4.79 Å². The average Bonchev–Trinajstić information content (AvgIpc) is 3.17. The third-order valence-electron chi connectivity index (χ3n) is 3.53. The maximum atomic E-state index is 12.3. The summed E-state index contributed by atoms with van der Waals surface area (Å²) in [6, 6.07) is 9.69. The molecule has 0 unspecified atom stereocenters. The molecule has 0 spiro atoms. The highest BCUT2D eigenvalue weighted by atomic mass is 35.5. The lowest BCUT2D eigenvalue weighted by atomic mass is 10.1. The molecular formula is C17H12Cl2N2O4. The fraction of sp³-hybridized carbons (Fsp3) is 0.0588. The van der Waals surface area contributed by atoms with Crippen LogP contribution in [0.2, 0.25) is 10.0 Å². The van der Waals surface area contributed by atoms with Gasteiger partial charge in [-0.1, -0.05) is 23.2 Å². The van der Waals surface area contributed by atoms with Gasteiger partial charge in [0.1, 0.15) is 11.5 Å². The molecule has 0 aliphatic heterocycles. The van der Waals surface area contributed by atoms with Crippen LogP contribution in [-0.2, 0) is 0 Å². The molecule has 8 heteroatoms. The molecule has 2 aromatic heterocycles. The molecule has 128 valence electrons. The number of H-pyrrole nitrogens is 1. The number of anilines is 1. The van der Waals surface area contributed by atoms with E-state index < -0.39 is 11.9 Å². The summed E-state index contributed by atoms with van der Waals surface area (Å²) < 4.78 is 5.23. The van der Waals surface area contributed by atoms with E-state index in [-0.39, 0.29) is 16.5 Å². The van der Waals surface area contributed by atoms with Crippen LogP contribution in [-0.4, -0.2) is 22.0 Å². The molecule has 2 heterocycles. The number of aromatic nitrogens is 1. The summed E-state index contributed by atoms with van der Waals surface area (Å²) in [7, 11) is 0. The number of aromatic carboxylic acids is 1. The second kappa shape index (κ2) is 6.66. The van der Waals surface area contributed by atoms with Gasteiger partial charge in [-0.15, -0.1) is 0 Å². The number of rotatable bonds is 4. The minimum Gasteiger partial charge on any atom is -0.475 e. The first-order valence-electron chi connectivity index (χ1n) is 7.15. The Hall–Kier alpha value is -2.70. The molecular weight excluding hydrogens is 367 g/mol. The third kappa shape index (κ3) is 3.40. The molecule has 1 aromatic carbocycles. The molecule has 0 aliphatic carbocycles. The van der Waals surface area contributed by atoms with Crippen molar-refractivity contribution in [2.24, 2.45) is 0 Å². The Morgan fingerprint density at radius 3 is 2.28 bits per heavy atom. The lowest BCUT2D eigenvalue weighted by Gasteiger charge is -2.05. The molecule has 0 bridgehead atoms. The molecule has 3 N–H and O–H groups in total. The van der Waals surface area contributed by atoms with Crippen molar-refractivity contribution in [2.45, 2.75) is 6.92 Å². The predicted molar refractivity (Wildman–Crippen MR) is 94.6 cm³/mol. The first-order chi connectivity index (χ1) is 11.9. The quantitative estimate of drug-likeness (QED) is 0.605. The van der Waals surface area contributed by atoms with E-state index in [1.54, 1.807) is 37.3 Å². The number of furan rings is 1. The number of benzene rings is 1. The van der Waals surface area contributed by atoms with Crippen LogP contribution in [0, 0.1) is 6.92 Å². The van der Waals surface area contributed by atoms with Gasteiger partial charge < -0.3 is 19.8 Å². The predicted octanol–water partition coefficient (Wildman–Crippen LogP) is 4.84. The second-order valence-corrected chi connectivity index (χ2v) is 6.01. The smallest absolute Gasteiger partial charge is 0.371 e. The van der Waals surface area contributed by atoms with Crippen LogP contribution in [0.25, 0.3) is 11.3 Å². The normalized spacial score (nSPS) is 10.7. The van der Waals surface area contributed by atoms with E-state index in [1.165, 1.54) is 6.07 Å². The molecule has 1 amide bonds. The van der Waals surface area contributed by atoms with Gasteiger partial charge in [0.2, 0.25) is 5.76 Å². The first kappa shape index (κ1) is 17.1. The van der Waals surface area contributed by atoms with Gasteiger partial charge in [-0.2, -0.15) is 0 Å². The summed E-state index contributed by atoms with van der Waals surface area (Å²) in [5.74, 6) is -1.27. The average molecular weight is 379 g/mol. The van der Waals surface area contributed by atoms with Gasteiger partial charge in [-0.3, -0.25) is 4.79 Å². The van der Waals surface area contributed by atoms with Crippen LogP contribution < -0.4 is 5.32 Å². The van der Waals surface area contributed by atoms with Crippen molar-refractivity contribution in [1.29, 1.82) is 0 Å². The van der Waals surface area contributed by atoms with E-state index in [0.717, 1.165) is 0 Å². The number of carboxylic acids is 1. The number of carbonyl (C=O) groups excluding carboxylic acids is 1. The standard InChI is InChI=1S/C17H12Cl2N2O4/c1-8-13(18)14(19)15(20-8)16(22)21-10-4-2-9(3-5-10)11-6-7-12(25-11)17(23)24/h2-7,20H,1H3,(H,21,22)(H,23,24). The van der Waals surface area contributed by atoms with E-state index in [4.69, 9.17) is 32.7 Å². The summed E-state index contributed by atoms with van der Waals surface area (Å²) in [5, 5.41) is 12.1. The number of nitrogens with one attached hydrogen (secondary N) is 2. The van der Waals surface area contributed by atoms with Crippen molar-refractivity contribution in [3.63, 3.8) is 0 Å². The largest absolute Gasteiger partial charge is 0.475 e. The third-order valence-corrected chi connectivity index (χ3v) is 4.47. The summed E-state index contributed by atoms with van der Waals surface area (Å²) in [5.41, 5.74) is 2.02. The highest BCUT2D eigenvalue weighted by molar-refractivity contribution is 6.44. The molecule has 0 saturated carbocycles. The molecule has 0 fully saturated rings. The van der Waals surface area contributed by atoms with Crippen LogP contribution >= 0.6 is 23.2 Å². The first-order valence-corrected chi connectivity index (χ1v) is 7.91. The van der Waals surface area contributed by atoms with Crippen molar-refractivity contribution in [1.82, 2.24) is 4.98 Å². The Labute approximate surface area is 152 Å². The number of aromatic amines is 1. The zero-order valence-corrected chi connectivity index (χ0v) is 14.4. The molecule has 0 aliphatic rings. The zero-order chi connectivity index (χ0) is 18.1. The summed E-state index contributed by atoms with van der Waals surface area (Å²) in [4.78, 5) is 25.9. The SMILES string of the molecule is Cc1[nH]c(C(=O)Nc2ccc(-c3ccc(C(=O)O)o3)cc2)c(Cl)c1Cl. The molecule has 6 nitrogen and oxygen atoms in total. The number of carboxylic acid groups (broad SMARTS) is 1. The molecule has 0 atom stereocenters. The highest BCUT2D eigenvalue weighted by Crippen LogP contribution is 2.30. The maximum Gasteiger partial charge on any atom is 0.371 e. The second-order valence-electron chi connectivity index (χ2n) is 5.25. The number of hydrogen-bond donors (Lipinski definition) is 3. The van der Waals surface area contributed by atoms with Gasteiger partial charge in [0.05, 0.1) is 10.0 Å². The molecule has 0 saturated heterocycles. The van der Waals surface area contributed by atoms with E-state index in [2.05, 4.69) is 10.3 Å². The van der Waals surface area contributed by atoms with Crippen LogP contribution in [0.1, 0.15) is 26.7 Å². The Morgan fingerprint density at radius 2 is 1.76 bits per heavy atom. The highest BCUT2D eigenvalue weighted by Gasteiger charge is 2.18. The van der Waals surface area contributed by atoms with Crippen LogP contribution in [0.15, 0.2) is 40.8 Å². The minimum absolute atomic E-state index is 0.138. The van der Waals surface area contributed by atoms with Crippen molar-refractivity contribution >= 4 is 40.8 Å².